The van der Waals surface area contributed by atoms with Crippen LogP contribution >= 0.6 is 22.7 Å². The third-order valence-electron chi connectivity index (χ3n) is 2.25. The van der Waals surface area contributed by atoms with Gasteiger partial charge in [0.25, 0.3) is 5.91 Å². The van der Waals surface area contributed by atoms with Crippen molar-refractivity contribution in [2.45, 2.75) is 32.9 Å². The molecule has 0 spiro atoms. The summed E-state index contributed by atoms with van der Waals surface area (Å²) in [5.74, 6) is 0.0407. The summed E-state index contributed by atoms with van der Waals surface area (Å²) < 4.78 is 0. The molecule has 20 heavy (non-hydrogen) atoms. The Morgan fingerprint density at radius 2 is 2.20 bits per heavy atom. The summed E-state index contributed by atoms with van der Waals surface area (Å²) in [5, 5.41) is 6.67. The first-order valence-electron chi connectivity index (χ1n) is 6.05. The van der Waals surface area contributed by atoms with Gasteiger partial charge < -0.3 is 16.4 Å². The predicted octanol–water partition coefficient (Wildman–Crippen LogP) is 2.32. The lowest BCUT2D eigenvalue weighted by Gasteiger charge is -2.19. The number of carbonyl (C=O) groups is 1. The molecule has 0 aromatic carbocycles. The van der Waals surface area contributed by atoms with Crippen LogP contribution in [0.3, 0.4) is 0 Å². The van der Waals surface area contributed by atoms with Gasteiger partial charge in [-0.25, -0.2) is 4.98 Å². The maximum absolute atomic E-state index is 12.1. The number of hydrogen-bond acceptors (Lipinski definition) is 7. The van der Waals surface area contributed by atoms with Crippen molar-refractivity contribution in [2.24, 2.45) is 0 Å². The van der Waals surface area contributed by atoms with E-state index in [0.717, 1.165) is 4.88 Å². The second kappa shape index (κ2) is 5.76. The first-order valence-corrected chi connectivity index (χ1v) is 7.75. The standard InChI is InChI=1S/C12H17N5OS2/c1-12(2,3)17-11-16-9(13)8(20-11)10(18)15-5-7-4-14-6-19-7/h4,6H,5,13H2,1-3H3,(H,15,18)(H,16,17). The zero-order chi connectivity index (χ0) is 14.8. The van der Waals surface area contributed by atoms with Gasteiger partial charge in [-0.05, 0) is 20.8 Å². The van der Waals surface area contributed by atoms with Crippen LogP contribution in [0.1, 0.15) is 35.3 Å². The quantitative estimate of drug-likeness (QED) is 0.806. The first-order chi connectivity index (χ1) is 9.35. The number of nitrogens with zero attached hydrogens (tertiary/aromatic N) is 2. The minimum Gasteiger partial charge on any atom is -0.382 e. The van der Waals surface area contributed by atoms with Crippen LogP contribution in [-0.4, -0.2) is 21.4 Å². The molecule has 1 amide bonds. The molecular weight excluding hydrogens is 294 g/mol. The Morgan fingerprint density at radius 1 is 1.45 bits per heavy atom. The van der Waals surface area contributed by atoms with Gasteiger partial charge in [0.05, 0.1) is 12.1 Å². The third-order valence-corrected chi connectivity index (χ3v) is 4.01. The number of carbonyl (C=O) groups excluding carboxylic acids is 1. The molecule has 4 N–H and O–H groups in total. The minimum absolute atomic E-state index is 0.124. The molecule has 0 aliphatic rings. The molecule has 0 saturated heterocycles. The Labute approximate surface area is 125 Å². The lowest BCUT2D eigenvalue weighted by atomic mass is 10.1. The summed E-state index contributed by atoms with van der Waals surface area (Å²) in [6.07, 6.45) is 1.73. The van der Waals surface area contributed by atoms with Gasteiger partial charge in [0.15, 0.2) is 5.13 Å². The van der Waals surface area contributed by atoms with Gasteiger partial charge in [-0.2, -0.15) is 0 Å². The third kappa shape index (κ3) is 3.91. The van der Waals surface area contributed by atoms with Crippen molar-refractivity contribution in [3.8, 4) is 0 Å². The molecule has 2 heterocycles. The number of thiazole rings is 2. The Kier molecular flexibility index (Phi) is 4.24. The van der Waals surface area contributed by atoms with E-state index in [2.05, 4.69) is 20.6 Å². The normalized spacial score (nSPS) is 11.3. The molecule has 0 bridgehead atoms. The summed E-state index contributed by atoms with van der Waals surface area (Å²) in [5.41, 5.74) is 7.40. The van der Waals surface area contributed by atoms with E-state index in [1.807, 2.05) is 20.8 Å². The average Bonchev–Trinajstić information content (AvgIpc) is 2.93. The Hall–Kier alpha value is -1.67. The average molecular weight is 311 g/mol. The number of nitrogen functional groups attached to an aromatic ring is 1. The summed E-state index contributed by atoms with van der Waals surface area (Å²) >= 11 is 2.76. The van der Waals surface area contributed by atoms with E-state index in [4.69, 9.17) is 5.73 Å². The van der Waals surface area contributed by atoms with Gasteiger partial charge in [-0.1, -0.05) is 11.3 Å². The largest absolute Gasteiger partial charge is 0.382 e. The Morgan fingerprint density at radius 3 is 2.80 bits per heavy atom. The van der Waals surface area contributed by atoms with Crippen LogP contribution in [0.15, 0.2) is 11.7 Å². The van der Waals surface area contributed by atoms with E-state index >= 15 is 0 Å². The van der Waals surface area contributed by atoms with E-state index in [0.29, 0.717) is 16.6 Å². The number of hydrogen-bond donors (Lipinski definition) is 3. The highest BCUT2D eigenvalue weighted by Crippen LogP contribution is 2.27. The van der Waals surface area contributed by atoms with Crippen LogP contribution in [0, 0.1) is 0 Å². The summed E-state index contributed by atoms with van der Waals surface area (Å²) in [7, 11) is 0. The number of amides is 1. The molecule has 0 radical (unpaired) electrons. The number of nitrogens with two attached hydrogens (primary N) is 1. The molecule has 108 valence electrons. The molecule has 8 heteroatoms. The zero-order valence-electron chi connectivity index (χ0n) is 11.6. The SMILES string of the molecule is CC(C)(C)Nc1nc(N)c(C(=O)NCc2cncs2)s1. The van der Waals surface area contributed by atoms with E-state index in [1.54, 1.807) is 11.7 Å². The fraction of sp³-hybridized carbons (Fsp3) is 0.417. The number of aromatic nitrogens is 2. The van der Waals surface area contributed by atoms with Crippen molar-refractivity contribution in [1.29, 1.82) is 0 Å². The highest BCUT2D eigenvalue weighted by molar-refractivity contribution is 7.18. The van der Waals surface area contributed by atoms with Crippen molar-refractivity contribution in [2.75, 3.05) is 11.1 Å². The van der Waals surface area contributed by atoms with Gasteiger partial charge in [0.2, 0.25) is 0 Å². The van der Waals surface area contributed by atoms with Crippen molar-refractivity contribution < 1.29 is 4.79 Å². The number of anilines is 2. The van der Waals surface area contributed by atoms with Crippen molar-refractivity contribution in [3.63, 3.8) is 0 Å². The lowest BCUT2D eigenvalue weighted by Crippen LogP contribution is -2.25. The Bertz CT molecular complexity index is 586. The van der Waals surface area contributed by atoms with Gasteiger partial charge in [-0.15, -0.1) is 11.3 Å². The van der Waals surface area contributed by atoms with Crippen LogP contribution in [-0.2, 0) is 6.54 Å². The van der Waals surface area contributed by atoms with Gasteiger partial charge in [0, 0.05) is 16.6 Å². The van der Waals surface area contributed by atoms with Gasteiger partial charge in [0.1, 0.15) is 10.7 Å². The first kappa shape index (κ1) is 14.7. The second-order valence-electron chi connectivity index (χ2n) is 5.26. The second-order valence-corrected chi connectivity index (χ2v) is 7.23. The van der Waals surface area contributed by atoms with Crippen LogP contribution in [0.4, 0.5) is 10.9 Å². The molecular formula is C12H17N5OS2. The molecule has 0 fully saturated rings. The Balaban J connectivity index is 2.02. The maximum Gasteiger partial charge on any atom is 0.265 e. The molecule has 2 rings (SSSR count). The predicted molar refractivity (Wildman–Crippen MR) is 83.2 cm³/mol. The molecule has 2 aromatic rings. The smallest absolute Gasteiger partial charge is 0.265 e. The van der Waals surface area contributed by atoms with Crippen LogP contribution in [0.2, 0.25) is 0 Å². The fourth-order valence-electron chi connectivity index (χ4n) is 1.45. The number of nitrogens with one attached hydrogen (secondary N) is 2. The maximum atomic E-state index is 12.1. The van der Waals surface area contributed by atoms with Crippen molar-refractivity contribution in [3.05, 3.63) is 21.5 Å². The van der Waals surface area contributed by atoms with Crippen molar-refractivity contribution >= 4 is 39.5 Å². The molecule has 2 aromatic heterocycles. The fourth-order valence-corrected chi connectivity index (χ4v) is 2.99. The number of rotatable bonds is 4. The van der Waals surface area contributed by atoms with E-state index < -0.39 is 0 Å². The molecule has 0 unspecified atom stereocenters. The van der Waals surface area contributed by atoms with Gasteiger partial charge in [-0.3, -0.25) is 9.78 Å². The molecule has 0 atom stereocenters. The van der Waals surface area contributed by atoms with E-state index in [9.17, 15) is 4.79 Å². The molecule has 0 saturated carbocycles. The van der Waals surface area contributed by atoms with E-state index in [-0.39, 0.29) is 17.3 Å². The monoisotopic (exact) mass is 311 g/mol. The molecule has 0 aliphatic carbocycles. The topological polar surface area (TPSA) is 92.9 Å². The van der Waals surface area contributed by atoms with Crippen LogP contribution in [0.25, 0.3) is 0 Å². The van der Waals surface area contributed by atoms with Crippen LogP contribution < -0.4 is 16.4 Å². The van der Waals surface area contributed by atoms with Crippen molar-refractivity contribution in [1.82, 2.24) is 15.3 Å². The van der Waals surface area contributed by atoms with Gasteiger partial charge >= 0.3 is 0 Å². The minimum atomic E-state index is -0.213. The highest BCUT2D eigenvalue weighted by atomic mass is 32.1. The highest BCUT2D eigenvalue weighted by Gasteiger charge is 2.19. The van der Waals surface area contributed by atoms with Crippen LogP contribution in [0.5, 0.6) is 0 Å². The summed E-state index contributed by atoms with van der Waals surface area (Å²) in [4.78, 5) is 21.6. The summed E-state index contributed by atoms with van der Waals surface area (Å²) in [6.45, 7) is 6.51. The lowest BCUT2D eigenvalue weighted by molar-refractivity contribution is 0.0956. The molecule has 0 aliphatic heterocycles. The molecule has 6 nitrogen and oxygen atoms in total. The zero-order valence-corrected chi connectivity index (χ0v) is 13.2. The van der Waals surface area contributed by atoms with E-state index in [1.165, 1.54) is 22.7 Å². The summed E-state index contributed by atoms with van der Waals surface area (Å²) in [6, 6.07) is 0.